The van der Waals surface area contributed by atoms with Crippen molar-refractivity contribution in [3.8, 4) is 5.75 Å². The van der Waals surface area contributed by atoms with Crippen LogP contribution in [-0.2, 0) is 11.3 Å². The number of benzene rings is 1. The summed E-state index contributed by atoms with van der Waals surface area (Å²) >= 11 is 0. The van der Waals surface area contributed by atoms with Gasteiger partial charge in [0.2, 0.25) is 0 Å². The summed E-state index contributed by atoms with van der Waals surface area (Å²) in [5.41, 5.74) is 0.645. The van der Waals surface area contributed by atoms with E-state index in [-0.39, 0.29) is 0 Å². The number of carbonyl (C=O) groups is 1. The predicted octanol–water partition coefficient (Wildman–Crippen LogP) is 1.99. The topological polar surface area (TPSA) is 49.8 Å². The molecule has 4 heteroatoms. The molecule has 2 rings (SSSR count). The normalized spacial score (nSPS) is 16.6. The van der Waals surface area contributed by atoms with E-state index in [0.29, 0.717) is 6.54 Å². The third kappa shape index (κ3) is 2.82. The molecule has 0 amide bonds. The number of aliphatic carboxylic acids is 1. The fraction of sp³-hybridized carbons (Fsp3) is 0.500. The van der Waals surface area contributed by atoms with Crippen molar-refractivity contribution >= 4 is 5.97 Å². The van der Waals surface area contributed by atoms with E-state index in [2.05, 4.69) is 4.90 Å². The Bertz CT molecular complexity index is 440. The largest absolute Gasteiger partial charge is 0.497 e. The molecule has 1 aromatic rings. The molecule has 0 aromatic heterocycles. The first-order chi connectivity index (χ1) is 8.55. The summed E-state index contributed by atoms with van der Waals surface area (Å²) in [6, 6.07) is 7.87. The lowest BCUT2D eigenvalue weighted by Crippen LogP contribution is -2.31. The molecule has 18 heavy (non-hydrogen) atoms. The summed E-state index contributed by atoms with van der Waals surface area (Å²) in [5, 5.41) is 9.15. The molecule has 1 aliphatic rings. The average molecular weight is 249 g/mol. The van der Waals surface area contributed by atoms with E-state index in [4.69, 9.17) is 9.84 Å². The van der Waals surface area contributed by atoms with Gasteiger partial charge in [0.1, 0.15) is 5.75 Å². The van der Waals surface area contributed by atoms with Gasteiger partial charge in [-0.1, -0.05) is 12.1 Å². The van der Waals surface area contributed by atoms with Crippen LogP contribution in [-0.4, -0.2) is 36.7 Å². The molecule has 1 fully saturated rings. The summed E-state index contributed by atoms with van der Waals surface area (Å²) in [6.45, 7) is 1.35. The van der Waals surface area contributed by atoms with E-state index in [0.717, 1.165) is 30.7 Å². The SMILES string of the molecule is COc1cccc(CN(C)CC2(C(=O)O)CC2)c1. The molecule has 0 saturated heterocycles. The minimum atomic E-state index is -0.667. The lowest BCUT2D eigenvalue weighted by atomic mass is 10.1. The number of carboxylic acid groups (broad SMARTS) is 1. The van der Waals surface area contributed by atoms with E-state index in [1.165, 1.54) is 0 Å². The van der Waals surface area contributed by atoms with Crippen LogP contribution < -0.4 is 4.74 Å². The first kappa shape index (κ1) is 12.9. The molecular weight excluding hydrogens is 230 g/mol. The van der Waals surface area contributed by atoms with Crippen molar-refractivity contribution in [2.45, 2.75) is 19.4 Å². The van der Waals surface area contributed by atoms with Gasteiger partial charge in [0.15, 0.2) is 0 Å². The quantitative estimate of drug-likeness (QED) is 0.837. The van der Waals surface area contributed by atoms with E-state index >= 15 is 0 Å². The summed E-state index contributed by atoms with van der Waals surface area (Å²) in [5.74, 6) is 0.167. The molecule has 0 aliphatic heterocycles. The van der Waals surface area contributed by atoms with Crippen LogP contribution in [0.15, 0.2) is 24.3 Å². The van der Waals surface area contributed by atoms with Gasteiger partial charge in [-0.25, -0.2) is 0 Å². The third-order valence-corrected chi connectivity index (χ3v) is 3.47. The Morgan fingerprint density at radius 2 is 2.22 bits per heavy atom. The van der Waals surface area contributed by atoms with Gasteiger partial charge in [0, 0.05) is 13.1 Å². The van der Waals surface area contributed by atoms with E-state index < -0.39 is 11.4 Å². The highest BCUT2D eigenvalue weighted by molar-refractivity contribution is 5.78. The van der Waals surface area contributed by atoms with Crippen molar-refractivity contribution in [3.05, 3.63) is 29.8 Å². The van der Waals surface area contributed by atoms with Crippen molar-refractivity contribution < 1.29 is 14.6 Å². The van der Waals surface area contributed by atoms with Gasteiger partial charge >= 0.3 is 5.97 Å². The van der Waals surface area contributed by atoms with E-state index in [1.807, 2.05) is 31.3 Å². The molecule has 4 nitrogen and oxygen atoms in total. The number of hydrogen-bond acceptors (Lipinski definition) is 3. The fourth-order valence-electron chi connectivity index (χ4n) is 2.25. The van der Waals surface area contributed by atoms with Gasteiger partial charge in [0.25, 0.3) is 0 Å². The average Bonchev–Trinajstić information content (AvgIpc) is 3.10. The molecule has 0 spiro atoms. The molecule has 0 unspecified atom stereocenters. The number of hydrogen-bond donors (Lipinski definition) is 1. The second-order valence-electron chi connectivity index (χ2n) is 5.11. The van der Waals surface area contributed by atoms with Crippen LogP contribution in [0.1, 0.15) is 18.4 Å². The van der Waals surface area contributed by atoms with Crippen LogP contribution in [0.2, 0.25) is 0 Å². The van der Waals surface area contributed by atoms with Crippen LogP contribution in [0, 0.1) is 5.41 Å². The van der Waals surface area contributed by atoms with Crippen LogP contribution in [0.25, 0.3) is 0 Å². The van der Waals surface area contributed by atoms with Gasteiger partial charge < -0.3 is 14.7 Å². The number of methoxy groups -OCH3 is 1. The fourth-order valence-corrected chi connectivity index (χ4v) is 2.25. The van der Waals surface area contributed by atoms with Gasteiger partial charge in [0.05, 0.1) is 12.5 Å². The van der Waals surface area contributed by atoms with Crippen LogP contribution >= 0.6 is 0 Å². The Morgan fingerprint density at radius 1 is 1.50 bits per heavy atom. The summed E-state index contributed by atoms with van der Waals surface area (Å²) in [7, 11) is 3.61. The maximum atomic E-state index is 11.1. The summed E-state index contributed by atoms with van der Waals surface area (Å²) < 4.78 is 5.18. The molecule has 0 bridgehead atoms. The first-order valence-corrected chi connectivity index (χ1v) is 6.11. The van der Waals surface area contributed by atoms with E-state index in [1.54, 1.807) is 7.11 Å². The zero-order valence-electron chi connectivity index (χ0n) is 10.8. The molecule has 1 saturated carbocycles. The first-order valence-electron chi connectivity index (χ1n) is 6.11. The Hall–Kier alpha value is -1.55. The third-order valence-electron chi connectivity index (χ3n) is 3.47. The molecule has 1 aromatic carbocycles. The molecule has 1 N–H and O–H groups in total. The van der Waals surface area contributed by atoms with E-state index in [9.17, 15) is 4.79 Å². The number of carboxylic acids is 1. The molecule has 0 heterocycles. The lowest BCUT2D eigenvalue weighted by molar-refractivity contribution is -0.144. The Labute approximate surface area is 107 Å². The molecular formula is C14H19NO3. The Kier molecular flexibility index (Phi) is 3.57. The minimum absolute atomic E-state index is 0.492. The standard InChI is InChI=1S/C14H19NO3/c1-15(10-14(6-7-14)13(16)17)9-11-4-3-5-12(8-11)18-2/h3-5,8H,6-7,9-10H2,1-2H3,(H,16,17). The van der Waals surface area contributed by atoms with Crippen molar-refractivity contribution in [2.24, 2.45) is 5.41 Å². The second kappa shape index (κ2) is 4.98. The van der Waals surface area contributed by atoms with Gasteiger partial charge in [-0.3, -0.25) is 4.79 Å². The number of nitrogens with zero attached hydrogens (tertiary/aromatic N) is 1. The zero-order valence-corrected chi connectivity index (χ0v) is 10.8. The molecule has 98 valence electrons. The smallest absolute Gasteiger partial charge is 0.310 e. The zero-order chi connectivity index (χ0) is 13.2. The van der Waals surface area contributed by atoms with Crippen molar-refractivity contribution in [2.75, 3.05) is 20.7 Å². The van der Waals surface area contributed by atoms with Crippen molar-refractivity contribution in [1.29, 1.82) is 0 Å². The van der Waals surface area contributed by atoms with Gasteiger partial charge in [-0.15, -0.1) is 0 Å². The highest BCUT2D eigenvalue weighted by atomic mass is 16.5. The molecule has 0 atom stereocenters. The minimum Gasteiger partial charge on any atom is -0.497 e. The molecule has 1 aliphatic carbocycles. The number of ether oxygens (including phenoxy) is 1. The highest BCUT2D eigenvalue weighted by Crippen LogP contribution is 2.46. The molecule has 0 radical (unpaired) electrons. The van der Waals surface area contributed by atoms with Crippen LogP contribution in [0.4, 0.5) is 0 Å². The maximum absolute atomic E-state index is 11.1. The number of rotatable bonds is 6. The Morgan fingerprint density at radius 3 is 2.78 bits per heavy atom. The van der Waals surface area contributed by atoms with Crippen LogP contribution in [0.3, 0.4) is 0 Å². The highest BCUT2D eigenvalue weighted by Gasteiger charge is 2.50. The van der Waals surface area contributed by atoms with Gasteiger partial charge in [-0.05, 0) is 37.6 Å². The Balaban J connectivity index is 1.94. The monoisotopic (exact) mass is 249 g/mol. The van der Waals surface area contributed by atoms with Crippen LogP contribution in [0.5, 0.6) is 5.75 Å². The lowest BCUT2D eigenvalue weighted by Gasteiger charge is -2.21. The summed E-state index contributed by atoms with van der Waals surface area (Å²) in [4.78, 5) is 13.2. The second-order valence-corrected chi connectivity index (χ2v) is 5.11. The van der Waals surface area contributed by atoms with Crippen molar-refractivity contribution in [3.63, 3.8) is 0 Å². The summed E-state index contributed by atoms with van der Waals surface area (Å²) in [6.07, 6.45) is 1.59. The predicted molar refractivity (Wildman–Crippen MR) is 68.6 cm³/mol. The maximum Gasteiger partial charge on any atom is 0.310 e. The van der Waals surface area contributed by atoms with Crippen molar-refractivity contribution in [1.82, 2.24) is 4.90 Å². The van der Waals surface area contributed by atoms with Gasteiger partial charge in [-0.2, -0.15) is 0 Å².